The molecule has 2 aliphatic carbocycles. The fraction of sp³-hybridized carbons (Fsp3) is 0.581. The lowest BCUT2D eigenvalue weighted by Crippen LogP contribution is -2.69. The van der Waals surface area contributed by atoms with Crippen LogP contribution in [-0.2, 0) is 0 Å². The van der Waals surface area contributed by atoms with Gasteiger partial charge in [-0.05, 0) is 99.2 Å². The SMILES string of the molecule is COc1ccc(-c2cn3cc(C4CCN(C5CC6(C5)CN(C5CCC5)C6)CC4)cc(C)c3n2)cc1OC. The number of ether oxygens (including phenoxy) is 2. The zero-order chi connectivity index (χ0) is 25.1. The molecule has 1 spiro atoms. The van der Waals surface area contributed by atoms with Crippen LogP contribution in [0, 0.1) is 12.3 Å². The topological polar surface area (TPSA) is 42.2 Å². The van der Waals surface area contributed by atoms with Crippen molar-refractivity contribution in [1.82, 2.24) is 19.2 Å². The van der Waals surface area contributed by atoms with Crippen molar-refractivity contribution in [2.24, 2.45) is 5.41 Å². The number of likely N-dealkylation sites (tertiary alicyclic amines) is 2. The predicted molar refractivity (Wildman–Crippen MR) is 147 cm³/mol. The van der Waals surface area contributed by atoms with E-state index in [4.69, 9.17) is 14.5 Å². The third-order valence-corrected chi connectivity index (χ3v) is 9.96. The zero-order valence-electron chi connectivity index (χ0n) is 22.6. The van der Waals surface area contributed by atoms with Gasteiger partial charge in [0.1, 0.15) is 5.65 Å². The molecule has 4 heterocycles. The van der Waals surface area contributed by atoms with Crippen LogP contribution in [0.25, 0.3) is 16.9 Å². The molecule has 6 nitrogen and oxygen atoms in total. The molecule has 2 aliphatic heterocycles. The van der Waals surface area contributed by atoms with E-state index in [2.05, 4.69) is 39.6 Å². The Morgan fingerprint density at radius 2 is 1.62 bits per heavy atom. The number of piperidine rings is 1. The van der Waals surface area contributed by atoms with Crippen molar-refractivity contribution < 1.29 is 9.47 Å². The number of imidazole rings is 1. The average molecular weight is 501 g/mol. The van der Waals surface area contributed by atoms with Crippen LogP contribution in [0.1, 0.15) is 62.0 Å². The summed E-state index contributed by atoms with van der Waals surface area (Å²) in [6.07, 6.45) is 14.3. The van der Waals surface area contributed by atoms with Crippen LogP contribution in [0.4, 0.5) is 0 Å². The van der Waals surface area contributed by atoms with Gasteiger partial charge in [-0.1, -0.05) is 12.5 Å². The number of nitrogens with zero attached hydrogens (tertiary/aromatic N) is 4. The number of hydrogen-bond acceptors (Lipinski definition) is 5. The molecule has 7 rings (SSSR count). The Hall–Kier alpha value is -2.57. The maximum Gasteiger partial charge on any atom is 0.161 e. The molecule has 0 amide bonds. The fourth-order valence-corrected chi connectivity index (χ4v) is 7.53. The van der Waals surface area contributed by atoms with Gasteiger partial charge in [-0.15, -0.1) is 0 Å². The highest BCUT2D eigenvalue weighted by Crippen LogP contribution is 2.52. The number of aryl methyl sites for hydroxylation is 1. The van der Waals surface area contributed by atoms with E-state index in [1.807, 2.05) is 18.2 Å². The van der Waals surface area contributed by atoms with Crippen LogP contribution < -0.4 is 9.47 Å². The van der Waals surface area contributed by atoms with E-state index in [-0.39, 0.29) is 0 Å². The second-order valence-corrected chi connectivity index (χ2v) is 12.2. The summed E-state index contributed by atoms with van der Waals surface area (Å²) in [5.74, 6) is 2.10. The molecule has 0 bridgehead atoms. The van der Waals surface area contributed by atoms with Gasteiger partial charge in [0.25, 0.3) is 0 Å². The van der Waals surface area contributed by atoms with Crippen LogP contribution in [0.15, 0.2) is 36.7 Å². The minimum atomic E-state index is 0.637. The summed E-state index contributed by atoms with van der Waals surface area (Å²) in [4.78, 5) is 10.5. The molecule has 2 aromatic heterocycles. The summed E-state index contributed by atoms with van der Waals surface area (Å²) in [5.41, 5.74) is 6.42. The molecule has 1 aromatic carbocycles. The van der Waals surface area contributed by atoms with Crippen molar-refractivity contribution in [3.63, 3.8) is 0 Å². The molecule has 4 aliphatic rings. The molecule has 0 N–H and O–H groups in total. The molecule has 0 radical (unpaired) electrons. The van der Waals surface area contributed by atoms with Crippen LogP contribution in [0.3, 0.4) is 0 Å². The van der Waals surface area contributed by atoms with Crippen molar-refractivity contribution in [2.75, 3.05) is 40.4 Å². The highest BCUT2D eigenvalue weighted by molar-refractivity contribution is 5.67. The Morgan fingerprint density at radius 3 is 2.30 bits per heavy atom. The minimum Gasteiger partial charge on any atom is -0.493 e. The van der Waals surface area contributed by atoms with Crippen molar-refractivity contribution in [3.8, 4) is 22.8 Å². The first-order valence-electron chi connectivity index (χ1n) is 14.2. The lowest BCUT2D eigenvalue weighted by Gasteiger charge is -2.64. The van der Waals surface area contributed by atoms with E-state index >= 15 is 0 Å². The normalized spacial score (nSPS) is 23.1. The Bertz CT molecular complexity index is 1290. The monoisotopic (exact) mass is 500 g/mol. The van der Waals surface area contributed by atoms with Crippen molar-refractivity contribution in [1.29, 1.82) is 0 Å². The first-order chi connectivity index (χ1) is 18.0. The molecule has 2 saturated carbocycles. The predicted octanol–water partition coefficient (Wildman–Crippen LogP) is 5.52. The minimum absolute atomic E-state index is 0.637. The quantitative estimate of drug-likeness (QED) is 0.446. The number of aromatic nitrogens is 2. The van der Waals surface area contributed by atoms with Gasteiger partial charge < -0.3 is 18.8 Å². The van der Waals surface area contributed by atoms with Crippen molar-refractivity contribution >= 4 is 5.65 Å². The standard InChI is InChI=1S/C31H40N4O2/c1-21-13-24(17-34-18-27(32-30(21)34)23-7-8-28(36-2)29(14-23)37-3)22-9-11-33(12-10-22)26-15-31(16-26)19-35(20-31)25-5-4-6-25/h7-8,13-14,17-18,22,25-26H,4-6,9-12,15-16,19-20H2,1-3H3. The molecule has 0 unspecified atom stereocenters. The second kappa shape index (κ2) is 9.02. The van der Waals surface area contributed by atoms with E-state index < -0.39 is 0 Å². The van der Waals surface area contributed by atoms with Crippen LogP contribution in [0.2, 0.25) is 0 Å². The molecular weight excluding hydrogens is 460 g/mol. The maximum absolute atomic E-state index is 5.51. The molecule has 3 aromatic rings. The third-order valence-electron chi connectivity index (χ3n) is 9.96. The van der Waals surface area contributed by atoms with Gasteiger partial charge in [0, 0.05) is 43.1 Å². The molecule has 0 atom stereocenters. The number of fused-ring (bicyclic) bond motifs is 1. The number of rotatable bonds is 6. The lowest BCUT2D eigenvalue weighted by molar-refractivity contribution is -0.137. The summed E-state index contributed by atoms with van der Waals surface area (Å²) in [7, 11) is 3.34. The molecule has 2 saturated heterocycles. The Balaban J connectivity index is 1.00. The molecule has 4 fully saturated rings. The van der Waals surface area contributed by atoms with Crippen LogP contribution in [0.5, 0.6) is 11.5 Å². The zero-order valence-corrected chi connectivity index (χ0v) is 22.6. The van der Waals surface area contributed by atoms with Gasteiger partial charge in [0.15, 0.2) is 11.5 Å². The van der Waals surface area contributed by atoms with Gasteiger partial charge in [0.05, 0.1) is 19.9 Å². The van der Waals surface area contributed by atoms with E-state index in [0.29, 0.717) is 11.3 Å². The number of hydrogen-bond donors (Lipinski definition) is 0. The summed E-state index contributed by atoms with van der Waals surface area (Å²) >= 11 is 0. The third kappa shape index (κ3) is 4.04. The number of benzene rings is 1. The average Bonchev–Trinajstić information content (AvgIpc) is 3.28. The largest absolute Gasteiger partial charge is 0.493 e. The molecule has 37 heavy (non-hydrogen) atoms. The summed E-state index contributed by atoms with van der Waals surface area (Å²) < 4.78 is 13.1. The number of pyridine rings is 1. The first-order valence-corrected chi connectivity index (χ1v) is 14.2. The van der Waals surface area contributed by atoms with Gasteiger partial charge in [-0.2, -0.15) is 0 Å². The van der Waals surface area contributed by atoms with E-state index in [1.165, 1.54) is 82.3 Å². The van der Waals surface area contributed by atoms with E-state index in [0.717, 1.165) is 40.5 Å². The Morgan fingerprint density at radius 1 is 0.865 bits per heavy atom. The molecule has 6 heteroatoms. The van der Waals surface area contributed by atoms with Crippen LogP contribution >= 0.6 is 0 Å². The Kier molecular flexibility index (Phi) is 5.74. The van der Waals surface area contributed by atoms with Crippen molar-refractivity contribution in [2.45, 2.75) is 69.9 Å². The van der Waals surface area contributed by atoms with Crippen LogP contribution in [-0.4, -0.2) is 71.7 Å². The molecule has 196 valence electrons. The molecular formula is C31H40N4O2. The highest BCUT2D eigenvalue weighted by Gasteiger charge is 2.55. The Labute approximate surface area is 220 Å². The summed E-state index contributed by atoms with van der Waals surface area (Å²) in [6, 6.07) is 10.2. The summed E-state index contributed by atoms with van der Waals surface area (Å²) in [5, 5.41) is 0. The van der Waals surface area contributed by atoms with E-state index in [1.54, 1.807) is 14.2 Å². The van der Waals surface area contributed by atoms with Crippen molar-refractivity contribution in [3.05, 3.63) is 47.8 Å². The van der Waals surface area contributed by atoms with Gasteiger partial charge in [0.2, 0.25) is 0 Å². The summed E-state index contributed by atoms with van der Waals surface area (Å²) in [6.45, 7) is 7.46. The maximum atomic E-state index is 5.51. The highest BCUT2D eigenvalue weighted by atomic mass is 16.5. The lowest BCUT2D eigenvalue weighted by atomic mass is 9.59. The van der Waals surface area contributed by atoms with Gasteiger partial charge in [-0.3, -0.25) is 4.90 Å². The number of methoxy groups -OCH3 is 2. The fourth-order valence-electron chi connectivity index (χ4n) is 7.53. The van der Waals surface area contributed by atoms with Gasteiger partial charge >= 0.3 is 0 Å². The second-order valence-electron chi connectivity index (χ2n) is 12.2. The van der Waals surface area contributed by atoms with E-state index in [9.17, 15) is 0 Å². The first kappa shape index (κ1) is 23.5. The van der Waals surface area contributed by atoms with Gasteiger partial charge in [-0.25, -0.2) is 4.98 Å². The smallest absolute Gasteiger partial charge is 0.161 e.